The molecule has 0 aromatic carbocycles. The van der Waals surface area contributed by atoms with Crippen molar-refractivity contribution in [3.05, 3.63) is 0 Å². The van der Waals surface area contributed by atoms with Crippen molar-refractivity contribution in [3.63, 3.8) is 0 Å². The number of hydrogen-bond donors (Lipinski definition) is 1. The summed E-state index contributed by atoms with van der Waals surface area (Å²) in [5.41, 5.74) is -0.487. The van der Waals surface area contributed by atoms with Gasteiger partial charge in [0.1, 0.15) is 11.6 Å². The number of carbonyl (C=O) groups is 1. The van der Waals surface area contributed by atoms with Gasteiger partial charge < -0.3 is 14.8 Å². The largest absolute Gasteiger partial charge is 0.479 e. The molecule has 0 spiro atoms. The number of amides is 1. The first-order chi connectivity index (χ1) is 7.38. The molecular weight excluding hydrogens is 288 g/mol. The molecule has 1 aliphatic heterocycles. The summed E-state index contributed by atoms with van der Waals surface area (Å²) < 4.78 is 10.5. The van der Waals surface area contributed by atoms with E-state index < -0.39 is 11.7 Å². The third kappa shape index (κ3) is 6.51. The summed E-state index contributed by atoms with van der Waals surface area (Å²) >= 11 is 0. The zero-order valence-corrected chi connectivity index (χ0v) is 12.5. The van der Waals surface area contributed by atoms with Crippen molar-refractivity contribution < 1.29 is 14.3 Å². The summed E-state index contributed by atoms with van der Waals surface area (Å²) in [5.74, 6) is 0.581. The highest BCUT2D eigenvalue weighted by atomic mass is 79.9. The van der Waals surface area contributed by atoms with Crippen molar-refractivity contribution in [2.45, 2.75) is 45.8 Å². The van der Waals surface area contributed by atoms with Crippen molar-refractivity contribution in [3.8, 4) is 0 Å². The molecule has 1 atom stereocenters. The van der Waals surface area contributed by atoms with Crippen LogP contribution in [0.25, 0.3) is 0 Å². The second-order valence-electron chi connectivity index (χ2n) is 4.79. The Hall–Kier alpha value is -0.780. The molecule has 6 heteroatoms. The molecule has 1 N–H and O–H groups in total. The first kappa shape index (κ1) is 16.2. The maximum absolute atomic E-state index is 11.5. The van der Waals surface area contributed by atoms with Gasteiger partial charge in [-0.2, -0.15) is 0 Å². The summed E-state index contributed by atoms with van der Waals surface area (Å²) in [7, 11) is 0. The highest BCUT2D eigenvalue weighted by Crippen LogP contribution is 2.07. The number of rotatable bonds is 2. The van der Waals surface area contributed by atoms with Gasteiger partial charge in [0, 0.05) is 13.0 Å². The summed E-state index contributed by atoms with van der Waals surface area (Å²) in [6.45, 7) is 8.73. The third-order valence-electron chi connectivity index (χ3n) is 1.92. The van der Waals surface area contributed by atoms with Crippen molar-refractivity contribution in [2.75, 3.05) is 13.2 Å². The maximum Gasteiger partial charge on any atom is 0.408 e. The molecule has 0 unspecified atom stereocenters. The van der Waals surface area contributed by atoms with Crippen LogP contribution >= 0.6 is 17.0 Å². The maximum atomic E-state index is 11.5. The number of alkyl carbamates (subject to hydrolysis) is 1. The highest BCUT2D eigenvalue weighted by Gasteiger charge is 2.21. The van der Waals surface area contributed by atoms with Crippen molar-refractivity contribution in [1.82, 2.24) is 5.32 Å². The number of nitrogens with one attached hydrogen (secondary N) is 1. The lowest BCUT2D eigenvalue weighted by molar-refractivity contribution is 0.0515. The van der Waals surface area contributed by atoms with E-state index in [1.165, 1.54) is 0 Å². The smallest absolute Gasteiger partial charge is 0.408 e. The van der Waals surface area contributed by atoms with E-state index in [0.29, 0.717) is 12.5 Å². The summed E-state index contributed by atoms with van der Waals surface area (Å²) in [6.07, 6.45) is 0.486. The highest BCUT2D eigenvalue weighted by molar-refractivity contribution is 8.93. The van der Waals surface area contributed by atoms with Gasteiger partial charge >= 0.3 is 6.09 Å². The SMILES string of the molecule is Br.C[C@H](NC(=O)OC(C)(C)C)C1=NCCCO1. The van der Waals surface area contributed by atoms with Gasteiger partial charge in [-0.3, -0.25) is 4.99 Å². The summed E-state index contributed by atoms with van der Waals surface area (Å²) in [5, 5.41) is 2.69. The quantitative estimate of drug-likeness (QED) is 0.851. The molecule has 0 aromatic rings. The van der Waals surface area contributed by atoms with Crippen LogP contribution in [0.4, 0.5) is 4.79 Å². The molecule has 100 valence electrons. The van der Waals surface area contributed by atoms with Crippen molar-refractivity contribution in [2.24, 2.45) is 4.99 Å². The topological polar surface area (TPSA) is 59.9 Å². The Morgan fingerprint density at radius 1 is 1.53 bits per heavy atom. The Balaban J connectivity index is 0.00000256. The van der Waals surface area contributed by atoms with Crippen LogP contribution in [0.15, 0.2) is 4.99 Å². The predicted molar refractivity (Wildman–Crippen MR) is 72.0 cm³/mol. The van der Waals surface area contributed by atoms with E-state index in [-0.39, 0.29) is 23.0 Å². The van der Waals surface area contributed by atoms with Crippen LogP contribution in [0, 0.1) is 0 Å². The monoisotopic (exact) mass is 308 g/mol. The molecule has 0 radical (unpaired) electrons. The first-order valence-electron chi connectivity index (χ1n) is 5.55. The second kappa shape index (κ2) is 6.83. The number of ether oxygens (including phenoxy) is 2. The van der Waals surface area contributed by atoms with Gasteiger partial charge in [0.05, 0.1) is 6.61 Å². The van der Waals surface area contributed by atoms with Crippen LogP contribution in [-0.2, 0) is 9.47 Å². The van der Waals surface area contributed by atoms with Crippen LogP contribution in [0.3, 0.4) is 0 Å². The van der Waals surface area contributed by atoms with Crippen LogP contribution in [0.5, 0.6) is 0 Å². The summed E-state index contributed by atoms with van der Waals surface area (Å²) in [4.78, 5) is 15.7. The lowest BCUT2D eigenvalue weighted by atomic mass is 10.2. The molecule has 0 bridgehead atoms. The normalized spacial score (nSPS) is 17.1. The third-order valence-corrected chi connectivity index (χ3v) is 1.92. The van der Waals surface area contributed by atoms with Gasteiger partial charge in [0.15, 0.2) is 0 Å². The predicted octanol–water partition coefficient (Wildman–Crippen LogP) is 2.30. The molecule has 1 rings (SSSR count). The fourth-order valence-corrected chi connectivity index (χ4v) is 1.28. The van der Waals surface area contributed by atoms with E-state index in [9.17, 15) is 4.79 Å². The van der Waals surface area contributed by atoms with E-state index in [0.717, 1.165) is 13.0 Å². The Kier molecular flexibility index (Phi) is 6.52. The Morgan fingerprint density at radius 3 is 2.65 bits per heavy atom. The zero-order valence-electron chi connectivity index (χ0n) is 10.8. The fraction of sp³-hybridized carbons (Fsp3) is 0.818. The molecular formula is C11H21BrN2O3. The second-order valence-corrected chi connectivity index (χ2v) is 4.79. The first-order valence-corrected chi connectivity index (χ1v) is 5.55. The minimum Gasteiger partial charge on any atom is -0.479 e. The molecule has 17 heavy (non-hydrogen) atoms. The van der Waals surface area contributed by atoms with E-state index in [1.54, 1.807) is 0 Å². The number of halogens is 1. The molecule has 1 amide bonds. The van der Waals surface area contributed by atoms with E-state index in [2.05, 4.69) is 10.3 Å². The minimum absolute atomic E-state index is 0. The molecule has 0 saturated heterocycles. The number of carbonyl (C=O) groups excluding carboxylic acids is 1. The molecule has 0 fully saturated rings. The average Bonchev–Trinajstić information content (AvgIpc) is 2.16. The molecule has 1 aliphatic rings. The summed E-state index contributed by atoms with van der Waals surface area (Å²) in [6, 6.07) is -0.241. The Bertz CT molecular complexity index is 287. The van der Waals surface area contributed by atoms with Crippen molar-refractivity contribution >= 4 is 29.0 Å². The van der Waals surface area contributed by atoms with E-state index >= 15 is 0 Å². The standard InChI is InChI=1S/C11H20N2O3.BrH/c1-8(9-12-6-5-7-15-9)13-10(14)16-11(2,3)4;/h8H,5-7H2,1-4H3,(H,13,14);1H/t8-;/m0./s1. The molecule has 5 nitrogen and oxygen atoms in total. The van der Waals surface area contributed by atoms with Crippen LogP contribution < -0.4 is 5.32 Å². The fourth-order valence-electron chi connectivity index (χ4n) is 1.28. The Labute approximate surface area is 113 Å². The van der Waals surface area contributed by atoms with E-state index in [4.69, 9.17) is 9.47 Å². The van der Waals surface area contributed by atoms with Gasteiger partial charge in [-0.25, -0.2) is 4.79 Å². The lowest BCUT2D eigenvalue weighted by Gasteiger charge is -2.23. The number of hydrogen-bond acceptors (Lipinski definition) is 4. The van der Waals surface area contributed by atoms with Gasteiger partial charge in [-0.1, -0.05) is 0 Å². The number of aliphatic imine (C=N–C) groups is 1. The molecule has 0 aromatic heterocycles. The van der Waals surface area contributed by atoms with Crippen LogP contribution in [-0.4, -0.2) is 36.8 Å². The lowest BCUT2D eigenvalue weighted by Crippen LogP contribution is -2.43. The van der Waals surface area contributed by atoms with Gasteiger partial charge in [0.25, 0.3) is 0 Å². The Morgan fingerprint density at radius 2 is 2.18 bits per heavy atom. The number of nitrogens with zero attached hydrogens (tertiary/aromatic N) is 1. The van der Waals surface area contributed by atoms with Crippen LogP contribution in [0.1, 0.15) is 34.1 Å². The van der Waals surface area contributed by atoms with Gasteiger partial charge in [-0.05, 0) is 27.7 Å². The zero-order chi connectivity index (χ0) is 12.2. The van der Waals surface area contributed by atoms with Crippen LogP contribution in [0.2, 0.25) is 0 Å². The van der Waals surface area contributed by atoms with E-state index in [1.807, 2.05) is 27.7 Å². The molecule has 0 saturated carbocycles. The minimum atomic E-state index is -0.487. The van der Waals surface area contributed by atoms with Gasteiger partial charge in [-0.15, -0.1) is 17.0 Å². The average molecular weight is 309 g/mol. The van der Waals surface area contributed by atoms with Crippen molar-refractivity contribution in [1.29, 1.82) is 0 Å². The molecule has 0 aliphatic carbocycles. The molecule has 1 heterocycles. The van der Waals surface area contributed by atoms with Gasteiger partial charge in [0.2, 0.25) is 5.90 Å².